The minimum absolute atomic E-state index is 0.00168. The van der Waals surface area contributed by atoms with Crippen LogP contribution in [0.4, 0.5) is 28.4 Å². The van der Waals surface area contributed by atoms with E-state index in [9.17, 15) is 0 Å². The van der Waals surface area contributed by atoms with Crippen molar-refractivity contribution >= 4 is 51.8 Å². The summed E-state index contributed by atoms with van der Waals surface area (Å²) >= 11 is 0. The van der Waals surface area contributed by atoms with Crippen molar-refractivity contribution in [3.8, 4) is 22.6 Å². The van der Waals surface area contributed by atoms with E-state index in [1.54, 1.807) is 0 Å². The number of hydrogen-bond donors (Lipinski definition) is 0. The molecule has 77 heavy (non-hydrogen) atoms. The molecule has 3 aliphatic heterocycles. The van der Waals surface area contributed by atoms with Crippen molar-refractivity contribution in [2.75, 3.05) is 9.80 Å². The monoisotopic (exact) mass is 1010 g/mol. The maximum Gasteiger partial charge on any atom is 0.247 e. The molecule has 0 aromatic heterocycles. The Labute approximate surface area is 462 Å². The number of benzene rings is 7. The van der Waals surface area contributed by atoms with Crippen LogP contribution in [0, 0.1) is 6.92 Å². The quantitative estimate of drug-likeness (QED) is 0.164. The molecular formula is C73H81BN2O. The van der Waals surface area contributed by atoms with Gasteiger partial charge in [0, 0.05) is 62.2 Å². The third-order valence-corrected chi connectivity index (χ3v) is 20.0. The lowest BCUT2D eigenvalue weighted by molar-refractivity contribution is 0.331. The molecule has 0 spiro atoms. The summed E-state index contributed by atoms with van der Waals surface area (Å²) in [6.45, 7) is 40.9. The number of nitrogens with zero attached hydrogens (tertiary/aromatic N) is 2. The predicted octanol–water partition coefficient (Wildman–Crippen LogP) is 18.4. The molecule has 0 bridgehead atoms. The highest BCUT2D eigenvalue weighted by atomic mass is 16.5. The van der Waals surface area contributed by atoms with Crippen LogP contribution in [0.25, 0.3) is 16.8 Å². The van der Waals surface area contributed by atoms with Crippen molar-refractivity contribution in [2.45, 2.75) is 188 Å². The van der Waals surface area contributed by atoms with Crippen molar-refractivity contribution in [1.82, 2.24) is 0 Å². The first-order valence-corrected chi connectivity index (χ1v) is 29.1. The largest absolute Gasteiger partial charge is 0.457 e. The van der Waals surface area contributed by atoms with Crippen molar-refractivity contribution in [3.63, 3.8) is 0 Å². The Morgan fingerprint density at radius 2 is 1.05 bits per heavy atom. The minimum atomic E-state index is -0.300. The summed E-state index contributed by atoms with van der Waals surface area (Å²) in [6, 6.07) is 48.5. The zero-order valence-electron chi connectivity index (χ0n) is 49.5. The van der Waals surface area contributed by atoms with Gasteiger partial charge >= 0.3 is 0 Å². The first kappa shape index (κ1) is 50.3. The fourth-order valence-electron chi connectivity index (χ4n) is 14.9. The second-order valence-corrected chi connectivity index (χ2v) is 29.6. The van der Waals surface area contributed by atoms with E-state index in [1.165, 1.54) is 149 Å². The van der Waals surface area contributed by atoms with E-state index in [4.69, 9.17) is 4.74 Å². The third-order valence-electron chi connectivity index (χ3n) is 20.0. The predicted molar refractivity (Wildman–Crippen MR) is 329 cm³/mol. The van der Waals surface area contributed by atoms with Crippen LogP contribution in [0.15, 0.2) is 127 Å². The molecule has 0 N–H and O–H groups in total. The topological polar surface area (TPSA) is 15.7 Å². The van der Waals surface area contributed by atoms with Crippen LogP contribution in [0.5, 0.6) is 11.5 Å². The van der Waals surface area contributed by atoms with E-state index < -0.39 is 0 Å². The number of aryl methyl sites for hydroxylation is 1. The summed E-state index contributed by atoms with van der Waals surface area (Å²) in [6.07, 6.45) is 5.63. The van der Waals surface area contributed by atoms with Crippen LogP contribution in [0.1, 0.15) is 198 Å². The number of anilines is 5. The zero-order valence-corrected chi connectivity index (χ0v) is 49.5. The Morgan fingerprint density at radius 3 is 1.70 bits per heavy atom. The van der Waals surface area contributed by atoms with Gasteiger partial charge in [0.25, 0.3) is 0 Å². The molecule has 0 fully saturated rings. The summed E-state index contributed by atoms with van der Waals surface area (Å²) in [7, 11) is 0. The SMILES string of the molecule is Cc1cc2c3c(c1)N(c1ccc(C(C)(C)C)cc1-c1ccc(C(C)(C)C)cc1)c1cc4c(cc1B3C1=C(c3cc5c(cc3C1)C(C)(C)CCC5(C)C)N2c1ccc2c(c1)C(C)(C)CCC2(C)C)C(C)(C)c1ccccc1O4. The molecule has 0 amide bonds. The third kappa shape index (κ3) is 7.49. The van der Waals surface area contributed by atoms with E-state index >= 15 is 0 Å². The van der Waals surface area contributed by atoms with E-state index in [2.05, 4.69) is 249 Å². The Balaban J connectivity index is 1.14. The first-order chi connectivity index (χ1) is 36.0. The normalized spacial score (nSPS) is 19.5. The second kappa shape index (κ2) is 16.2. The highest BCUT2D eigenvalue weighted by molar-refractivity contribution is 6.96. The van der Waals surface area contributed by atoms with Crippen LogP contribution in [-0.4, -0.2) is 6.71 Å². The van der Waals surface area contributed by atoms with Crippen LogP contribution in [-0.2, 0) is 44.3 Å². The van der Waals surface area contributed by atoms with Gasteiger partial charge in [0.1, 0.15) is 11.5 Å². The standard InChI is InChI=1S/C73H81BN2O/c1-43-34-61-65-62(35-43)76(59-29-26-47(68(5,6)7)38-49(59)44-22-24-46(25-23-44)67(2,3)4)60-42-64-56(73(16,17)52-20-18-19-21-63(52)77-64)41-57(60)74(65)58-37-45-36-53-55(72(14,15)33-32-70(53,10)11)40-50(45)66(58)75(61)48-27-28-51-54(39-48)71(12,13)31-30-69(51,8)9/h18-29,34-36,38-42H,30-33,37H2,1-17H3. The number of ether oxygens (including phenoxy) is 1. The molecule has 7 aromatic rings. The van der Waals surface area contributed by atoms with Gasteiger partial charge in [0.2, 0.25) is 6.71 Å². The Morgan fingerprint density at radius 1 is 0.468 bits per heavy atom. The fourth-order valence-corrected chi connectivity index (χ4v) is 14.9. The van der Waals surface area contributed by atoms with Gasteiger partial charge in [-0.2, -0.15) is 0 Å². The second-order valence-electron chi connectivity index (χ2n) is 29.6. The molecule has 392 valence electrons. The van der Waals surface area contributed by atoms with Crippen molar-refractivity contribution in [3.05, 3.63) is 188 Å². The number of hydrogen-bond acceptors (Lipinski definition) is 3. The molecule has 7 aromatic carbocycles. The summed E-state index contributed by atoms with van der Waals surface area (Å²) in [5.41, 5.74) is 29.6. The Hall–Kier alpha value is -6.26. The average Bonchev–Trinajstić information content (AvgIpc) is 3.96. The average molecular weight is 1010 g/mol. The highest BCUT2D eigenvalue weighted by Gasteiger charge is 2.51. The molecular weight excluding hydrogens is 932 g/mol. The minimum Gasteiger partial charge on any atom is -0.457 e. The summed E-state index contributed by atoms with van der Waals surface area (Å²) in [5.74, 6) is 1.88. The number of allylic oxidation sites excluding steroid dienone is 1. The molecule has 0 saturated carbocycles. The van der Waals surface area contributed by atoms with E-state index in [-0.39, 0.29) is 44.6 Å². The van der Waals surface area contributed by atoms with Crippen LogP contribution in [0.3, 0.4) is 0 Å². The number of fused-ring (bicyclic) bond motifs is 9. The summed E-state index contributed by atoms with van der Waals surface area (Å²) in [5, 5.41) is 0. The van der Waals surface area contributed by atoms with Gasteiger partial charge in [-0.25, -0.2) is 0 Å². The van der Waals surface area contributed by atoms with E-state index in [1.807, 2.05) is 0 Å². The van der Waals surface area contributed by atoms with Crippen molar-refractivity contribution in [1.29, 1.82) is 0 Å². The van der Waals surface area contributed by atoms with Gasteiger partial charge in [0.05, 0.1) is 5.69 Å². The molecule has 6 aliphatic rings. The highest BCUT2D eigenvalue weighted by Crippen LogP contribution is 2.58. The molecule has 3 aliphatic carbocycles. The first-order valence-electron chi connectivity index (χ1n) is 29.1. The van der Waals surface area contributed by atoms with Gasteiger partial charge in [-0.15, -0.1) is 0 Å². The Kier molecular flexibility index (Phi) is 10.6. The van der Waals surface area contributed by atoms with Gasteiger partial charge in [-0.3, -0.25) is 0 Å². The van der Waals surface area contributed by atoms with Crippen LogP contribution < -0.4 is 25.5 Å². The molecule has 13 rings (SSSR count). The van der Waals surface area contributed by atoms with Crippen LogP contribution in [0.2, 0.25) is 0 Å². The van der Waals surface area contributed by atoms with Gasteiger partial charge < -0.3 is 14.5 Å². The maximum atomic E-state index is 7.14. The van der Waals surface area contributed by atoms with Crippen molar-refractivity contribution < 1.29 is 4.74 Å². The van der Waals surface area contributed by atoms with Crippen LogP contribution >= 0.6 is 0 Å². The molecule has 0 atom stereocenters. The lowest BCUT2D eigenvalue weighted by Crippen LogP contribution is -2.56. The summed E-state index contributed by atoms with van der Waals surface area (Å²) < 4.78 is 7.14. The van der Waals surface area contributed by atoms with E-state index in [0.29, 0.717) is 0 Å². The smallest absolute Gasteiger partial charge is 0.247 e. The molecule has 4 heteroatoms. The summed E-state index contributed by atoms with van der Waals surface area (Å²) in [4.78, 5) is 5.41. The maximum absolute atomic E-state index is 7.14. The van der Waals surface area contributed by atoms with Crippen molar-refractivity contribution in [2.24, 2.45) is 0 Å². The molecule has 0 unspecified atom stereocenters. The van der Waals surface area contributed by atoms with E-state index in [0.717, 1.165) is 17.9 Å². The number of rotatable bonds is 3. The lowest BCUT2D eigenvalue weighted by Gasteiger charge is -2.47. The van der Waals surface area contributed by atoms with Gasteiger partial charge in [-0.1, -0.05) is 183 Å². The van der Waals surface area contributed by atoms with Gasteiger partial charge in [0.15, 0.2) is 0 Å². The molecule has 0 radical (unpaired) electrons. The lowest BCUT2D eigenvalue weighted by atomic mass is 9.32. The van der Waals surface area contributed by atoms with Gasteiger partial charge in [-0.05, 0) is 181 Å². The zero-order chi connectivity index (χ0) is 54.5. The molecule has 3 nitrogen and oxygen atoms in total. The fraction of sp³-hybridized carbons (Fsp3) is 0.397. The molecule has 3 heterocycles. The molecule has 0 saturated heterocycles. The Bertz CT molecular complexity index is 3710. The number of para-hydroxylation sites is 1.